The zero-order valence-corrected chi connectivity index (χ0v) is 7.47. The topological polar surface area (TPSA) is 129 Å². The predicted octanol–water partition coefficient (Wildman–Crippen LogP) is -0.207. The number of non-ortho nitro benzene ring substituents is 1. The van der Waals surface area contributed by atoms with Gasteiger partial charge in [-0.1, -0.05) is 0 Å². The zero-order valence-electron chi connectivity index (χ0n) is 7.47. The monoisotopic (exact) mass is 209 g/mol. The summed E-state index contributed by atoms with van der Waals surface area (Å²) in [6.07, 6.45) is 0. The van der Waals surface area contributed by atoms with Gasteiger partial charge in [-0.2, -0.15) is 0 Å². The highest BCUT2D eigenvalue weighted by Crippen LogP contribution is 2.17. The minimum Gasteiger partial charge on any atom is -0.366 e. The lowest BCUT2D eigenvalue weighted by atomic mass is 10.1. The number of carbonyl (C=O) groups is 2. The smallest absolute Gasteiger partial charge is 0.270 e. The normalized spacial score (nSPS) is 9.60. The lowest BCUT2D eigenvalue weighted by Gasteiger charge is -2.01. The maximum Gasteiger partial charge on any atom is 0.270 e. The second-order valence-electron chi connectivity index (χ2n) is 2.72. The largest absolute Gasteiger partial charge is 0.366 e. The molecule has 78 valence electrons. The molecule has 4 N–H and O–H groups in total. The van der Waals surface area contributed by atoms with Crippen LogP contribution in [0, 0.1) is 10.1 Å². The highest BCUT2D eigenvalue weighted by Gasteiger charge is 2.17. The summed E-state index contributed by atoms with van der Waals surface area (Å²) in [6.45, 7) is 0. The average molecular weight is 209 g/mol. The van der Waals surface area contributed by atoms with Gasteiger partial charge in [-0.3, -0.25) is 19.7 Å². The molecule has 0 heterocycles. The van der Waals surface area contributed by atoms with Crippen LogP contribution in [0.3, 0.4) is 0 Å². The van der Waals surface area contributed by atoms with Gasteiger partial charge in [0.15, 0.2) is 0 Å². The summed E-state index contributed by atoms with van der Waals surface area (Å²) in [6, 6.07) is 3.09. The van der Waals surface area contributed by atoms with E-state index in [-0.39, 0.29) is 16.8 Å². The molecule has 0 aliphatic carbocycles. The van der Waals surface area contributed by atoms with Crippen LogP contribution in [0.1, 0.15) is 20.7 Å². The first-order chi connectivity index (χ1) is 6.93. The van der Waals surface area contributed by atoms with E-state index in [0.29, 0.717) is 0 Å². The second-order valence-corrected chi connectivity index (χ2v) is 2.72. The van der Waals surface area contributed by atoms with Gasteiger partial charge in [0.1, 0.15) is 0 Å². The third kappa shape index (κ3) is 2.08. The average Bonchev–Trinajstić information content (AvgIpc) is 2.16. The van der Waals surface area contributed by atoms with Crippen molar-refractivity contribution in [3.63, 3.8) is 0 Å². The van der Waals surface area contributed by atoms with Crippen molar-refractivity contribution in [1.82, 2.24) is 0 Å². The molecule has 0 unspecified atom stereocenters. The Balaban J connectivity index is 3.40. The lowest BCUT2D eigenvalue weighted by molar-refractivity contribution is -0.384. The van der Waals surface area contributed by atoms with Crippen molar-refractivity contribution in [1.29, 1.82) is 0 Å². The molecule has 0 aromatic heterocycles. The van der Waals surface area contributed by atoms with Crippen molar-refractivity contribution < 1.29 is 14.5 Å². The maximum atomic E-state index is 10.9. The van der Waals surface area contributed by atoms with E-state index in [4.69, 9.17) is 11.5 Å². The quantitative estimate of drug-likeness (QED) is 0.526. The molecule has 1 aromatic rings. The van der Waals surface area contributed by atoms with E-state index in [1.807, 2.05) is 0 Å². The van der Waals surface area contributed by atoms with Crippen molar-refractivity contribution >= 4 is 17.5 Å². The number of primary amides is 2. The fraction of sp³-hybridized carbons (Fsp3) is 0. The number of rotatable bonds is 3. The van der Waals surface area contributed by atoms with E-state index in [0.717, 1.165) is 18.2 Å². The van der Waals surface area contributed by atoms with Crippen LogP contribution in [0.5, 0.6) is 0 Å². The van der Waals surface area contributed by atoms with Crippen LogP contribution in [0.2, 0.25) is 0 Å². The minimum atomic E-state index is -0.937. The van der Waals surface area contributed by atoms with Gasteiger partial charge in [0.05, 0.1) is 16.1 Å². The van der Waals surface area contributed by atoms with Gasteiger partial charge in [-0.05, 0) is 6.07 Å². The molecule has 0 bridgehead atoms. The van der Waals surface area contributed by atoms with Gasteiger partial charge in [-0.25, -0.2) is 0 Å². The molecule has 0 aliphatic heterocycles. The molecule has 0 aliphatic rings. The third-order valence-corrected chi connectivity index (χ3v) is 1.74. The van der Waals surface area contributed by atoms with E-state index in [1.54, 1.807) is 0 Å². The Kier molecular flexibility index (Phi) is 2.65. The number of nitro benzene ring substituents is 1. The molecule has 15 heavy (non-hydrogen) atoms. The van der Waals surface area contributed by atoms with Gasteiger partial charge in [0.25, 0.3) is 5.69 Å². The highest BCUT2D eigenvalue weighted by atomic mass is 16.6. The Bertz CT molecular complexity index is 455. The Hall–Kier alpha value is -2.44. The molecular weight excluding hydrogens is 202 g/mol. The van der Waals surface area contributed by atoms with Crippen LogP contribution in [0.4, 0.5) is 5.69 Å². The number of hydrogen-bond acceptors (Lipinski definition) is 4. The van der Waals surface area contributed by atoms with E-state index in [9.17, 15) is 19.7 Å². The summed E-state index contributed by atoms with van der Waals surface area (Å²) in [7, 11) is 0. The number of nitrogens with zero attached hydrogens (tertiary/aromatic N) is 1. The van der Waals surface area contributed by atoms with Crippen LogP contribution in [-0.4, -0.2) is 16.7 Å². The van der Waals surface area contributed by atoms with E-state index in [1.165, 1.54) is 0 Å². The summed E-state index contributed by atoms with van der Waals surface area (Å²) < 4.78 is 0. The summed E-state index contributed by atoms with van der Waals surface area (Å²) in [4.78, 5) is 31.4. The summed E-state index contributed by atoms with van der Waals surface area (Å²) >= 11 is 0. The fourth-order valence-electron chi connectivity index (χ4n) is 1.06. The van der Waals surface area contributed by atoms with Gasteiger partial charge < -0.3 is 11.5 Å². The highest BCUT2D eigenvalue weighted by molar-refractivity contribution is 6.06. The Labute approximate surface area is 83.8 Å². The first kappa shape index (κ1) is 10.6. The first-order valence-corrected chi connectivity index (χ1v) is 3.81. The zero-order chi connectivity index (χ0) is 11.6. The van der Waals surface area contributed by atoms with Gasteiger partial charge in [0.2, 0.25) is 11.8 Å². The van der Waals surface area contributed by atoms with Gasteiger partial charge >= 0.3 is 0 Å². The Morgan fingerprint density at radius 1 is 1.13 bits per heavy atom. The van der Waals surface area contributed by atoms with Gasteiger partial charge in [0, 0.05) is 12.1 Å². The van der Waals surface area contributed by atoms with E-state index < -0.39 is 16.7 Å². The maximum absolute atomic E-state index is 10.9. The SMILES string of the molecule is NC(=O)c1ccc([N+](=O)[O-])cc1C(N)=O. The number of amides is 2. The summed E-state index contributed by atoms with van der Waals surface area (Å²) in [5, 5.41) is 10.4. The number of carbonyl (C=O) groups excluding carboxylic acids is 2. The molecule has 1 rings (SSSR count). The molecule has 7 heteroatoms. The Morgan fingerprint density at radius 3 is 2.07 bits per heavy atom. The molecule has 0 spiro atoms. The molecule has 0 saturated heterocycles. The fourth-order valence-corrected chi connectivity index (χ4v) is 1.06. The number of nitrogens with two attached hydrogens (primary N) is 2. The van der Waals surface area contributed by atoms with Crippen molar-refractivity contribution in [3.05, 3.63) is 39.4 Å². The third-order valence-electron chi connectivity index (χ3n) is 1.74. The van der Waals surface area contributed by atoms with Crippen molar-refractivity contribution in [2.24, 2.45) is 11.5 Å². The number of benzene rings is 1. The minimum absolute atomic E-state index is 0.131. The summed E-state index contributed by atoms with van der Waals surface area (Å²) in [5.41, 5.74) is 9.20. The van der Waals surface area contributed by atoms with Crippen LogP contribution in [0.25, 0.3) is 0 Å². The van der Waals surface area contributed by atoms with Crippen LogP contribution in [0.15, 0.2) is 18.2 Å². The molecule has 7 nitrogen and oxygen atoms in total. The summed E-state index contributed by atoms with van der Waals surface area (Å²) in [5.74, 6) is -1.80. The molecule has 1 aromatic carbocycles. The van der Waals surface area contributed by atoms with Crippen molar-refractivity contribution in [3.8, 4) is 0 Å². The molecule has 0 radical (unpaired) electrons. The Morgan fingerprint density at radius 2 is 1.67 bits per heavy atom. The molecule has 0 atom stereocenters. The van der Waals surface area contributed by atoms with Crippen LogP contribution >= 0.6 is 0 Å². The molecule has 2 amide bonds. The predicted molar refractivity (Wildman–Crippen MR) is 50.1 cm³/mol. The van der Waals surface area contributed by atoms with Gasteiger partial charge in [-0.15, -0.1) is 0 Å². The van der Waals surface area contributed by atoms with E-state index in [2.05, 4.69) is 0 Å². The number of nitro groups is 1. The second kappa shape index (κ2) is 3.74. The van der Waals surface area contributed by atoms with Crippen molar-refractivity contribution in [2.45, 2.75) is 0 Å². The number of hydrogen-bond donors (Lipinski definition) is 2. The lowest BCUT2D eigenvalue weighted by Crippen LogP contribution is -2.20. The first-order valence-electron chi connectivity index (χ1n) is 3.81. The standard InChI is InChI=1S/C8H7N3O4/c9-7(12)5-2-1-4(11(14)15)3-6(5)8(10)13/h1-3H,(H2,9,12)(H2,10,13). The van der Waals surface area contributed by atoms with Crippen molar-refractivity contribution in [2.75, 3.05) is 0 Å². The molecular formula is C8H7N3O4. The molecule has 0 fully saturated rings. The molecule has 0 saturated carbocycles. The van der Waals surface area contributed by atoms with Crippen LogP contribution < -0.4 is 11.5 Å². The van der Waals surface area contributed by atoms with E-state index >= 15 is 0 Å². The van der Waals surface area contributed by atoms with Crippen LogP contribution in [-0.2, 0) is 0 Å².